The minimum absolute atomic E-state index is 0.179. The number of aliphatic hydroxyl groups excluding tert-OH is 1. The molecule has 22 heavy (non-hydrogen) atoms. The minimum atomic E-state index is -0.179. The molecule has 2 aliphatic heterocycles. The van der Waals surface area contributed by atoms with Crippen LogP contribution in [0.5, 0.6) is 0 Å². The van der Waals surface area contributed by atoms with E-state index in [1.54, 1.807) is 0 Å². The van der Waals surface area contributed by atoms with Crippen LogP contribution in [0.25, 0.3) is 0 Å². The molecule has 0 saturated carbocycles. The quantitative estimate of drug-likeness (QED) is 0.746. The van der Waals surface area contributed by atoms with Crippen LogP contribution in [0.1, 0.15) is 53.4 Å². The molecule has 0 bridgehead atoms. The number of rotatable bonds is 8. The van der Waals surface area contributed by atoms with Gasteiger partial charge < -0.3 is 14.9 Å². The molecule has 2 aliphatic rings. The van der Waals surface area contributed by atoms with Crippen molar-refractivity contribution < 1.29 is 5.11 Å². The maximum absolute atomic E-state index is 10.5. The number of likely N-dealkylation sites (tertiary alicyclic amines) is 2. The second-order valence-electron chi connectivity index (χ2n) is 7.76. The Balaban J connectivity index is 1.76. The van der Waals surface area contributed by atoms with Gasteiger partial charge in [-0.25, -0.2) is 0 Å². The highest BCUT2D eigenvalue weighted by Gasteiger charge is 2.33. The Morgan fingerprint density at radius 3 is 1.18 bits per heavy atom. The van der Waals surface area contributed by atoms with Crippen molar-refractivity contribution >= 4 is 0 Å². The lowest BCUT2D eigenvalue weighted by molar-refractivity contribution is 0.0857. The van der Waals surface area contributed by atoms with E-state index in [0.717, 1.165) is 36.8 Å². The van der Waals surface area contributed by atoms with Crippen molar-refractivity contribution in [1.29, 1.82) is 0 Å². The molecule has 0 aromatic heterocycles. The van der Waals surface area contributed by atoms with Gasteiger partial charge in [-0.1, -0.05) is 53.4 Å². The lowest BCUT2D eigenvalue weighted by atomic mass is 9.92. The fraction of sp³-hybridized carbons (Fsp3) is 1.00. The van der Waals surface area contributed by atoms with Gasteiger partial charge in [-0.3, -0.25) is 0 Å². The summed E-state index contributed by atoms with van der Waals surface area (Å²) in [5, 5.41) is 10.5. The van der Waals surface area contributed by atoms with E-state index in [0.29, 0.717) is 0 Å². The fourth-order valence-electron chi connectivity index (χ4n) is 4.87. The van der Waals surface area contributed by atoms with Crippen LogP contribution in [0.15, 0.2) is 0 Å². The minimum Gasteiger partial charge on any atom is -0.390 e. The summed E-state index contributed by atoms with van der Waals surface area (Å²) in [7, 11) is 0. The molecule has 1 N–H and O–H groups in total. The number of β-amino-alcohol motifs (C(OH)–C–C–N with tert-alkyl or cyclic N) is 1. The van der Waals surface area contributed by atoms with E-state index in [-0.39, 0.29) is 6.10 Å². The SMILES string of the molecule is CCC1CN(CC(O)CN2CC(CC)C(CC)C2)CC1CC. The Bertz CT molecular complexity index is 269. The van der Waals surface area contributed by atoms with E-state index in [4.69, 9.17) is 0 Å². The van der Waals surface area contributed by atoms with Crippen LogP contribution in [0.3, 0.4) is 0 Å². The molecule has 0 spiro atoms. The highest BCUT2D eigenvalue weighted by atomic mass is 16.3. The predicted octanol–water partition coefficient (Wildman–Crippen LogP) is 3.08. The van der Waals surface area contributed by atoms with Crippen molar-refractivity contribution in [2.75, 3.05) is 39.3 Å². The van der Waals surface area contributed by atoms with E-state index in [1.807, 2.05) is 0 Å². The van der Waals surface area contributed by atoms with Crippen LogP contribution in [0.4, 0.5) is 0 Å². The maximum atomic E-state index is 10.5. The molecule has 4 unspecified atom stereocenters. The van der Waals surface area contributed by atoms with Crippen LogP contribution < -0.4 is 0 Å². The summed E-state index contributed by atoms with van der Waals surface area (Å²) in [4.78, 5) is 5.02. The monoisotopic (exact) mass is 310 g/mol. The molecule has 3 heteroatoms. The molecule has 0 radical (unpaired) electrons. The van der Waals surface area contributed by atoms with E-state index < -0.39 is 0 Å². The first-order valence-corrected chi connectivity index (χ1v) is 9.73. The third-order valence-corrected chi connectivity index (χ3v) is 6.34. The molecule has 4 atom stereocenters. The van der Waals surface area contributed by atoms with E-state index in [1.165, 1.54) is 51.9 Å². The smallest absolute Gasteiger partial charge is 0.0793 e. The number of nitrogens with zero attached hydrogens (tertiary/aromatic N) is 2. The Labute approximate surface area is 138 Å². The number of hydrogen-bond donors (Lipinski definition) is 1. The van der Waals surface area contributed by atoms with Crippen LogP contribution in [-0.2, 0) is 0 Å². The van der Waals surface area contributed by atoms with Gasteiger partial charge >= 0.3 is 0 Å². The summed E-state index contributed by atoms with van der Waals surface area (Å²) < 4.78 is 0. The zero-order valence-electron chi connectivity index (χ0n) is 15.3. The van der Waals surface area contributed by atoms with Crippen LogP contribution in [-0.4, -0.2) is 60.3 Å². The molecule has 0 amide bonds. The third kappa shape index (κ3) is 4.46. The van der Waals surface area contributed by atoms with E-state index in [9.17, 15) is 5.11 Å². The molecular formula is C19H38N2O. The van der Waals surface area contributed by atoms with Gasteiger partial charge in [-0.05, 0) is 23.7 Å². The Kier molecular flexibility index (Phi) is 7.17. The fourth-order valence-corrected chi connectivity index (χ4v) is 4.87. The molecule has 2 heterocycles. The van der Waals surface area contributed by atoms with Gasteiger partial charge in [0.1, 0.15) is 0 Å². The van der Waals surface area contributed by atoms with Crippen molar-refractivity contribution in [3.8, 4) is 0 Å². The third-order valence-electron chi connectivity index (χ3n) is 6.34. The summed E-state index contributed by atoms with van der Waals surface area (Å²) in [5.74, 6) is 3.38. The molecule has 2 rings (SSSR count). The predicted molar refractivity (Wildman–Crippen MR) is 94.0 cm³/mol. The van der Waals surface area contributed by atoms with Gasteiger partial charge in [0.05, 0.1) is 6.10 Å². The normalized spacial score (nSPS) is 35.3. The Hall–Kier alpha value is -0.120. The zero-order chi connectivity index (χ0) is 16.1. The first kappa shape index (κ1) is 18.2. The van der Waals surface area contributed by atoms with Gasteiger partial charge in [0.15, 0.2) is 0 Å². The van der Waals surface area contributed by atoms with Gasteiger partial charge in [-0.2, -0.15) is 0 Å². The van der Waals surface area contributed by atoms with Crippen LogP contribution in [0, 0.1) is 23.7 Å². The van der Waals surface area contributed by atoms with Crippen molar-refractivity contribution in [2.24, 2.45) is 23.7 Å². The highest BCUT2D eigenvalue weighted by Crippen LogP contribution is 2.30. The summed E-state index contributed by atoms with van der Waals surface area (Å²) in [5.41, 5.74) is 0. The lowest BCUT2D eigenvalue weighted by Gasteiger charge is -2.24. The molecule has 3 nitrogen and oxygen atoms in total. The number of hydrogen-bond acceptors (Lipinski definition) is 3. The summed E-state index contributed by atoms with van der Waals surface area (Å²) in [6.45, 7) is 15.8. The molecule has 130 valence electrons. The lowest BCUT2D eigenvalue weighted by Crippen LogP contribution is -2.39. The molecular weight excluding hydrogens is 272 g/mol. The average molecular weight is 311 g/mol. The van der Waals surface area contributed by atoms with E-state index >= 15 is 0 Å². The molecule has 0 aliphatic carbocycles. The summed E-state index contributed by atoms with van der Waals surface area (Å²) in [6.07, 6.45) is 4.96. The second kappa shape index (κ2) is 8.65. The molecule has 0 aromatic rings. The molecule has 2 fully saturated rings. The van der Waals surface area contributed by atoms with Crippen molar-refractivity contribution in [2.45, 2.75) is 59.5 Å². The van der Waals surface area contributed by atoms with Crippen molar-refractivity contribution in [1.82, 2.24) is 9.80 Å². The van der Waals surface area contributed by atoms with Crippen molar-refractivity contribution in [3.05, 3.63) is 0 Å². The molecule has 2 saturated heterocycles. The maximum Gasteiger partial charge on any atom is 0.0793 e. The summed E-state index contributed by atoms with van der Waals surface area (Å²) >= 11 is 0. The highest BCUT2D eigenvalue weighted by molar-refractivity contribution is 4.87. The largest absolute Gasteiger partial charge is 0.390 e. The first-order chi connectivity index (χ1) is 10.6. The second-order valence-corrected chi connectivity index (χ2v) is 7.76. The standard InChI is InChI=1S/C19H38N2O/c1-5-15-9-20(10-16(15)6-2)13-19(22)14-21-11-17(7-3)18(8-4)12-21/h15-19,22H,5-14H2,1-4H3. The Morgan fingerprint density at radius 2 is 0.955 bits per heavy atom. The zero-order valence-corrected chi connectivity index (χ0v) is 15.3. The summed E-state index contributed by atoms with van der Waals surface area (Å²) in [6, 6.07) is 0. The van der Waals surface area contributed by atoms with Crippen LogP contribution in [0.2, 0.25) is 0 Å². The average Bonchev–Trinajstić information content (AvgIpc) is 3.09. The van der Waals surface area contributed by atoms with Gasteiger partial charge in [0.2, 0.25) is 0 Å². The Morgan fingerprint density at radius 1 is 0.682 bits per heavy atom. The van der Waals surface area contributed by atoms with Gasteiger partial charge in [0.25, 0.3) is 0 Å². The van der Waals surface area contributed by atoms with E-state index in [2.05, 4.69) is 37.5 Å². The van der Waals surface area contributed by atoms with Gasteiger partial charge in [-0.15, -0.1) is 0 Å². The number of aliphatic hydroxyl groups is 1. The first-order valence-electron chi connectivity index (χ1n) is 9.73. The topological polar surface area (TPSA) is 26.7 Å². The van der Waals surface area contributed by atoms with Crippen LogP contribution >= 0.6 is 0 Å². The van der Waals surface area contributed by atoms with Gasteiger partial charge in [0, 0.05) is 39.3 Å². The van der Waals surface area contributed by atoms with Crippen molar-refractivity contribution in [3.63, 3.8) is 0 Å². The molecule has 0 aromatic carbocycles.